The molecule has 1 amide bonds. The Morgan fingerprint density at radius 1 is 0.960 bits per heavy atom. The molecule has 3 heterocycles. The lowest BCUT2D eigenvalue weighted by molar-refractivity contribution is -0.214. The van der Waals surface area contributed by atoms with Gasteiger partial charge in [0.15, 0.2) is 0 Å². The average Bonchev–Trinajstić information content (AvgIpc) is 2.94. The van der Waals surface area contributed by atoms with Crippen molar-refractivity contribution >= 4 is 5.91 Å². The lowest BCUT2D eigenvalue weighted by Crippen LogP contribution is -2.44. The monoisotopic (exact) mass is 337 g/mol. The number of hydrogen-bond donors (Lipinski definition) is 0. The lowest BCUT2D eigenvalue weighted by atomic mass is 9.88. The van der Waals surface area contributed by atoms with Crippen LogP contribution in [0.5, 0.6) is 0 Å². The van der Waals surface area contributed by atoms with Gasteiger partial charge in [0, 0.05) is 32.0 Å². The van der Waals surface area contributed by atoms with Crippen molar-refractivity contribution in [1.82, 2.24) is 14.9 Å². The molecule has 2 aliphatic rings. The van der Waals surface area contributed by atoms with Crippen LogP contribution in [0.25, 0.3) is 0 Å². The molecule has 5 heteroatoms. The van der Waals surface area contributed by atoms with Crippen molar-refractivity contribution in [2.45, 2.75) is 38.0 Å². The number of carbonyl (C=O) groups excluding carboxylic acids is 1. The predicted octanol–water partition coefficient (Wildman–Crippen LogP) is 2.78. The number of rotatable bonds is 4. The van der Waals surface area contributed by atoms with Crippen LogP contribution in [0.1, 0.15) is 30.4 Å². The number of likely N-dealkylation sites (tertiary alicyclic amines) is 1. The van der Waals surface area contributed by atoms with E-state index in [1.807, 2.05) is 42.7 Å². The second-order valence-electron chi connectivity index (χ2n) is 7.00. The highest BCUT2D eigenvalue weighted by Crippen LogP contribution is 2.37. The Morgan fingerprint density at radius 2 is 1.64 bits per heavy atom. The van der Waals surface area contributed by atoms with E-state index in [1.165, 1.54) is 5.56 Å². The Balaban J connectivity index is 1.34. The summed E-state index contributed by atoms with van der Waals surface area (Å²) < 4.78 is 0. The van der Waals surface area contributed by atoms with Crippen molar-refractivity contribution in [3.63, 3.8) is 0 Å². The van der Waals surface area contributed by atoms with E-state index in [4.69, 9.17) is 4.84 Å². The van der Waals surface area contributed by atoms with Crippen molar-refractivity contribution in [3.05, 3.63) is 66.0 Å². The van der Waals surface area contributed by atoms with Crippen LogP contribution in [-0.2, 0) is 22.7 Å². The number of piperidine rings is 1. The number of hydroxylamine groups is 2. The zero-order chi connectivity index (χ0) is 17.1. The molecule has 1 aromatic carbocycles. The topological polar surface area (TPSA) is 45.7 Å². The van der Waals surface area contributed by atoms with Gasteiger partial charge in [0.1, 0.15) is 5.60 Å². The van der Waals surface area contributed by atoms with Crippen molar-refractivity contribution in [3.8, 4) is 0 Å². The predicted molar refractivity (Wildman–Crippen MR) is 94.2 cm³/mol. The van der Waals surface area contributed by atoms with Gasteiger partial charge < -0.3 is 0 Å². The quantitative estimate of drug-likeness (QED) is 0.861. The molecular weight excluding hydrogens is 314 g/mol. The van der Waals surface area contributed by atoms with E-state index in [1.54, 1.807) is 5.06 Å². The maximum Gasteiger partial charge on any atom is 0.249 e. The minimum absolute atomic E-state index is 0.103. The van der Waals surface area contributed by atoms with Gasteiger partial charge in [-0.05, 0) is 36.1 Å². The fraction of sp³-hybridized carbons (Fsp3) is 0.400. The highest BCUT2D eigenvalue weighted by Gasteiger charge is 2.46. The molecule has 0 aliphatic carbocycles. The third kappa shape index (κ3) is 3.72. The van der Waals surface area contributed by atoms with Gasteiger partial charge in [0.2, 0.25) is 5.91 Å². The van der Waals surface area contributed by atoms with Crippen LogP contribution in [0.2, 0.25) is 0 Å². The molecule has 1 spiro atoms. The second kappa shape index (κ2) is 6.94. The summed E-state index contributed by atoms with van der Waals surface area (Å²) in [7, 11) is 0. The average molecular weight is 337 g/mol. The van der Waals surface area contributed by atoms with Gasteiger partial charge in [-0.15, -0.1) is 0 Å². The normalized spacial score (nSPS) is 20.3. The molecule has 0 radical (unpaired) electrons. The molecule has 0 atom stereocenters. The fourth-order valence-corrected chi connectivity index (χ4v) is 3.68. The Kier molecular flexibility index (Phi) is 4.51. The smallest absolute Gasteiger partial charge is 0.249 e. The van der Waals surface area contributed by atoms with Crippen LogP contribution in [0, 0.1) is 0 Å². The molecule has 0 unspecified atom stereocenters. The van der Waals surface area contributed by atoms with Gasteiger partial charge in [-0.3, -0.25) is 19.5 Å². The van der Waals surface area contributed by atoms with Crippen LogP contribution >= 0.6 is 0 Å². The number of benzene rings is 1. The number of amides is 1. The number of carbonyl (C=O) groups is 1. The Bertz CT molecular complexity index is 712. The first kappa shape index (κ1) is 16.2. The van der Waals surface area contributed by atoms with Gasteiger partial charge in [-0.2, -0.15) is 0 Å². The zero-order valence-electron chi connectivity index (χ0n) is 14.3. The first-order valence-corrected chi connectivity index (χ1v) is 8.87. The van der Waals surface area contributed by atoms with Crippen molar-refractivity contribution < 1.29 is 9.63 Å². The summed E-state index contributed by atoms with van der Waals surface area (Å²) in [4.78, 5) is 25.0. The van der Waals surface area contributed by atoms with Crippen LogP contribution in [-0.4, -0.2) is 39.5 Å². The number of pyridine rings is 1. The highest BCUT2D eigenvalue weighted by atomic mass is 16.7. The Labute approximate surface area is 148 Å². The zero-order valence-corrected chi connectivity index (χ0v) is 14.3. The molecule has 4 rings (SSSR count). The molecule has 2 aliphatic heterocycles. The summed E-state index contributed by atoms with van der Waals surface area (Å²) in [6, 6.07) is 14.1. The maximum atomic E-state index is 12.4. The molecule has 0 bridgehead atoms. The number of aromatic nitrogens is 1. The first-order chi connectivity index (χ1) is 12.2. The van der Waals surface area contributed by atoms with Gasteiger partial charge in [-0.25, -0.2) is 5.06 Å². The largest absolute Gasteiger partial charge is 0.299 e. The second-order valence-corrected chi connectivity index (χ2v) is 7.00. The van der Waals surface area contributed by atoms with Crippen LogP contribution in [0.4, 0.5) is 0 Å². The molecule has 2 saturated heterocycles. The minimum atomic E-state index is -0.305. The summed E-state index contributed by atoms with van der Waals surface area (Å²) in [6.45, 7) is 3.37. The standard InChI is InChI=1S/C20H23N3O2/c24-19-14-20(25-23(19)16-17-4-2-1-3-5-17)8-12-22(13-9-20)15-18-6-10-21-11-7-18/h1-7,10-11H,8-9,12-16H2. The molecule has 2 aromatic rings. The van der Waals surface area contributed by atoms with E-state index in [2.05, 4.69) is 22.0 Å². The summed E-state index contributed by atoms with van der Waals surface area (Å²) in [6.07, 6.45) is 5.97. The third-order valence-corrected chi connectivity index (χ3v) is 5.15. The van der Waals surface area contributed by atoms with Gasteiger partial charge in [0.25, 0.3) is 0 Å². The van der Waals surface area contributed by atoms with E-state index in [-0.39, 0.29) is 11.5 Å². The van der Waals surface area contributed by atoms with Gasteiger partial charge >= 0.3 is 0 Å². The first-order valence-electron chi connectivity index (χ1n) is 8.87. The molecule has 1 aromatic heterocycles. The third-order valence-electron chi connectivity index (χ3n) is 5.15. The fourth-order valence-electron chi connectivity index (χ4n) is 3.68. The highest BCUT2D eigenvalue weighted by molar-refractivity contribution is 5.78. The van der Waals surface area contributed by atoms with Crippen LogP contribution in [0.15, 0.2) is 54.9 Å². The molecule has 2 fully saturated rings. The van der Waals surface area contributed by atoms with Crippen LogP contribution < -0.4 is 0 Å². The summed E-state index contributed by atoms with van der Waals surface area (Å²) in [5.41, 5.74) is 2.07. The van der Waals surface area contributed by atoms with E-state index in [0.29, 0.717) is 13.0 Å². The molecule has 25 heavy (non-hydrogen) atoms. The molecule has 0 N–H and O–H groups in total. The van der Waals surface area contributed by atoms with Crippen molar-refractivity contribution in [2.75, 3.05) is 13.1 Å². The lowest BCUT2D eigenvalue weighted by Gasteiger charge is -2.37. The Hall–Kier alpha value is -2.24. The van der Waals surface area contributed by atoms with Crippen molar-refractivity contribution in [2.24, 2.45) is 0 Å². The number of nitrogens with zero attached hydrogens (tertiary/aromatic N) is 3. The summed E-state index contributed by atoms with van der Waals surface area (Å²) >= 11 is 0. The maximum absolute atomic E-state index is 12.4. The Morgan fingerprint density at radius 3 is 2.36 bits per heavy atom. The molecule has 130 valence electrons. The molecular formula is C20H23N3O2. The van der Waals surface area contributed by atoms with E-state index < -0.39 is 0 Å². The minimum Gasteiger partial charge on any atom is -0.299 e. The van der Waals surface area contributed by atoms with E-state index in [9.17, 15) is 4.79 Å². The molecule has 5 nitrogen and oxygen atoms in total. The van der Waals surface area contributed by atoms with Gasteiger partial charge in [0.05, 0.1) is 13.0 Å². The van der Waals surface area contributed by atoms with E-state index >= 15 is 0 Å². The SMILES string of the molecule is O=C1CC2(CCN(Cc3ccncc3)CC2)ON1Cc1ccccc1. The summed E-state index contributed by atoms with van der Waals surface area (Å²) in [5.74, 6) is 0.103. The van der Waals surface area contributed by atoms with E-state index in [0.717, 1.165) is 38.0 Å². The van der Waals surface area contributed by atoms with Crippen molar-refractivity contribution in [1.29, 1.82) is 0 Å². The molecule has 0 saturated carbocycles. The van der Waals surface area contributed by atoms with Crippen LogP contribution in [0.3, 0.4) is 0 Å². The number of hydrogen-bond acceptors (Lipinski definition) is 4. The summed E-state index contributed by atoms with van der Waals surface area (Å²) in [5, 5.41) is 1.56. The van der Waals surface area contributed by atoms with Gasteiger partial charge in [-0.1, -0.05) is 30.3 Å².